The van der Waals surface area contributed by atoms with Crippen molar-refractivity contribution in [3.05, 3.63) is 11.8 Å². The van der Waals surface area contributed by atoms with E-state index in [0.717, 1.165) is 18.5 Å². The van der Waals surface area contributed by atoms with Gasteiger partial charge in [0, 0.05) is 12.5 Å². The molecule has 1 rings (SSSR count). The smallest absolute Gasteiger partial charge is 0.231 e. The molecule has 0 saturated heterocycles. The monoisotopic (exact) mass is 197 g/mol. The molecule has 1 heterocycles. The number of nitrogens with one attached hydrogen (secondary N) is 1. The van der Waals surface area contributed by atoms with Crippen molar-refractivity contribution < 1.29 is 9.32 Å². The van der Waals surface area contributed by atoms with Crippen molar-refractivity contribution in [1.29, 1.82) is 0 Å². The van der Waals surface area contributed by atoms with Gasteiger partial charge in [-0.05, 0) is 26.3 Å². The van der Waals surface area contributed by atoms with Crippen molar-refractivity contribution in [2.75, 3.05) is 11.9 Å². The molecule has 14 heavy (non-hydrogen) atoms. The Kier molecular flexibility index (Phi) is 4.12. The molecule has 5 heteroatoms. The number of unbranched alkanes of at least 4 members (excludes halogenated alkanes) is 1. The number of aryl methyl sites for hydroxylation is 1. The van der Waals surface area contributed by atoms with Crippen LogP contribution in [0.15, 0.2) is 10.6 Å². The SMILES string of the molecule is Cc1cc(NC(=O)CCCCN)on1. The number of rotatable bonds is 5. The minimum absolute atomic E-state index is 0.0606. The van der Waals surface area contributed by atoms with Crippen LogP contribution in [0.4, 0.5) is 5.88 Å². The molecule has 1 aromatic rings. The van der Waals surface area contributed by atoms with Crippen molar-refractivity contribution in [3.63, 3.8) is 0 Å². The van der Waals surface area contributed by atoms with Crippen molar-refractivity contribution in [1.82, 2.24) is 5.16 Å². The minimum atomic E-state index is -0.0606. The Hall–Kier alpha value is -1.36. The van der Waals surface area contributed by atoms with Gasteiger partial charge < -0.3 is 10.3 Å². The molecule has 0 aliphatic heterocycles. The van der Waals surface area contributed by atoms with Crippen molar-refractivity contribution in [3.8, 4) is 0 Å². The van der Waals surface area contributed by atoms with Crippen LogP contribution in [0.5, 0.6) is 0 Å². The molecule has 0 unspecified atom stereocenters. The van der Waals surface area contributed by atoms with Crippen LogP contribution in [0.1, 0.15) is 25.0 Å². The molecular weight excluding hydrogens is 182 g/mol. The van der Waals surface area contributed by atoms with Crippen LogP contribution < -0.4 is 11.1 Å². The van der Waals surface area contributed by atoms with E-state index in [9.17, 15) is 4.79 Å². The first-order valence-electron chi connectivity index (χ1n) is 4.65. The average molecular weight is 197 g/mol. The molecule has 0 fully saturated rings. The number of amides is 1. The lowest BCUT2D eigenvalue weighted by Gasteiger charge is -1.99. The van der Waals surface area contributed by atoms with Gasteiger partial charge in [0.25, 0.3) is 0 Å². The summed E-state index contributed by atoms with van der Waals surface area (Å²) < 4.78 is 4.83. The molecule has 78 valence electrons. The Morgan fingerprint density at radius 1 is 1.64 bits per heavy atom. The number of hydrogen-bond donors (Lipinski definition) is 2. The van der Waals surface area contributed by atoms with Crippen LogP contribution in [0.25, 0.3) is 0 Å². The van der Waals surface area contributed by atoms with Crippen molar-refractivity contribution in [2.45, 2.75) is 26.2 Å². The van der Waals surface area contributed by atoms with Gasteiger partial charge in [-0.3, -0.25) is 10.1 Å². The molecule has 0 radical (unpaired) electrons. The lowest BCUT2D eigenvalue weighted by Crippen LogP contribution is -2.11. The highest BCUT2D eigenvalue weighted by atomic mass is 16.5. The van der Waals surface area contributed by atoms with Gasteiger partial charge in [-0.15, -0.1) is 0 Å². The van der Waals surface area contributed by atoms with E-state index in [1.54, 1.807) is 13.0 Å². The number of aromatic nitrogens is 1. The van der Waals surface area contributed by atoms with Crippen molar-refractivity contribution >= 4 is 11.8 Å². The van der Waals surface area contributed by atoms with Gasteiger partial charge in [0.05, 0.1) is 5.69 Å². The predicted octanol–water partition coefficient (Wildman–Crippen LogP) is 1.05. The third-order valence-corrected chi connectivity index (χ3v) is 1.75. The Morgan fingerprint density at radius 3 is 3.00 bits per heavy atom. The molecule has 1 amide bonds. The van der Waals surface area contributed by atoms with E-state index in [2.05, 4.69) is 10.5 Å². The van der Waals surface area contributed by atoms with E-state index in [0.29, 0.717) is 18.8 Å². The van der Waals surface area contributed by atoms with Gasteiger partial charge in [-0.1, -0.05) is 5.16 Å². The first-order chi connectivity index (χ1) is 6.72. The van der Waals surface area contributed by atoms with Gasteiger partial charge in [0.2, 0.25) is 11.8 Å². The fourth-order valence-electron chi connectivity index (χ4n) is 1.05. The zero-order valence-electron chi connectivity index (χ0n) is 8.25. The lowest BCUT2D eigenvalue weighted by molar-refractivity contribution is -0.116. The summed E-state index contributed by atoms with van der Waals surface area (Å²) in [6, 6.07) is 1.68. The molecule has 0 atom stereocenters. The number of carbonyl (C=O) groups excluding carboxylic acids is 1. The third-order valence-electron chi connectivity index (χ3n) is 1.75. The fraction of sp³-hybridized carbons (Fsp3) is 0.556. The maximum Gasteiger partial charge on any atom is 0.231 e. The molecule has 5 nitrogen and oxygen atoms in total. The summed E-state index contributed by atoms with van der Waals surface area (Å²) in [5.41, 5.74) is 6.06. The summed E-state index contributed by atoms with van der Waals surface area (Å²) in [6.45, 7) is 2.42. The average Bonchev–Trinajstić information content (AvgIpc) is 2.52. The van der Waals surface area contributed by atoms with E-state index in [-0.39, 0.29) is 5.91 Å². The van der Waals surface area contributed by atoms with Crippen LogP contribution in [0.3, 0.4) is 0 Å². The molecule has 0 aliphatic rings. The minimum Gasteiger partial charge on any atom is -0.338 e. The molecule has 0 saturated carbocycles. The van der Waals surface area contributed by atoms with E-state index >= 15 is 0 Å². The molecule has 3 N–H and O–H groups in total. The second kappa shape index (κ2) is 5.39. The van der Waals surface area contributed by atoms with Crippen LogP contribution in [0, 0.1) is 6.92 Å². The van der Waals surface area contributed by atoms with Crippen LogP contribution in [0.2, 0.25) is 0 Å². The van der Waals surface area contributed by atoms with E-state index in [1.807, 2.05) is 0 Å². The van der Waals surface area contributed by atoms with Gasteiger partial charge >= 0.3 is 0 Å². The second-order valence-corrected chi connectivity index (χ2v) is 3.13. The summed E-state index contributed by atoms with van der Waals surface area (Å²) >= 11 is 0. The van der Waals surface area contributed by atoms with Gasteiger partial charge in [-0.25, -0.2) is 0 Å². The number of anilines is 1. The second-order valence-electron chi connectivity index (χ2n) is 3.13. The van der Waals surface area contributed by atoms with Crippen LogP contribution >= 0.6 is 0 Å². The highest BCUT2D eigenvalue weighted by Gasteiger charge is 2.05. The van der Waals surface area contributed by atoms with Crippen LogP contribution in [-0.4, -0.2) is 17.6 Å². The van der Waals surface area contributed by atoms with Crippen LogP contribution in [-0.2, 0) is 4.79 Å². The number of hydrogen-bond acceptors (Lipinski definition) is 4. The predicted molar refractivity (Wildman–Crippen MR) is 52.8 cm³/mol. The lowest BCUT2D eigenvalue weighted by atomic mass is 10.2. The van der Waals surface area contributed by atoms with Crippen molar-refractivity contribution in [2.24, 2.45) is 5.73 Å². The summed E-state index contributed by atoms with van der Waals surface area (Å²) in [5.74, 6) is 0.342. The summed E-state index contributed by atoms with van der Waals surface area (Å²) in [4.78, 5) is 11.3. The maximum absolute atomic E-state index is 11.3. The summed E-state index contributed by atoms with van der Waals surface area (Å²) in [5, 5.41) is 6.27. The summed E-state index contributed by atoms with van der Waals surface area (Å²) in [7, 11) is 0. The molecule has 0 aliphatic carbocycles. The van der Waals surface area contributed by atoms with E-state index in [4.69, 9.17) is 10.3 Å². The van der Waals surface area contributed by atoms with E-state index in [1.165, 1.54) is 0 Å². The standard InChI is InChI=1S/C9H15N3O2/c1-7-6-9(14-12-7)11-8(13)4-2-3-5-10/h6H,2-5,10H2,1H3,(H,11,13). The van der Waals surface area contributed by atoms with Gasteiger partial charge in [0.1, 0.15) is 0 Å². The zero-order chi connectivity index (χ0) is 10.4. The Bertz CT molecular complexity index is 296. The van der Waals surface area contributed by atoms with E-state index < -0.39 is 0 Å². The number of nitrogens with zero attached hydrogens (tertiary/aromatic N) is 1. The number of nitrogens with two attached hydrogens (primary N) is 1. The normalized spacial score (nSPS) is 10.1. The fourth-order valence-corrected chi connectivity index (χ4v) is 1.05. The molecule has 0 aromatic carbocycles. The number of carbonyl (C=O) groups is 1. The Morgan fingerprint density at radius 2 is 2.43 bits per heavy atom. The topological polar surface area (TPSA) is 81.2 Å². The largest absolute Gasteiger partial charge is 0.338 e. The zero-order valence-corrected chi connectivity index (χ0v) is 8.25. The highest BCUT2D eigenvalue weighted by molar-refractivity contribution is 5.89. The molecule has 0 bridgehead atoms. The van der Waals surface area contributed by atoms with Gasteiger partial charge in [0.15, 0.2) is 0 Å². The quantitative estimate of drug-likeness (QED) is 0.691. The third kappa shape index (κ3) is 3.57. The first kappa shape index (κ1) is 10.7. The molecular formula is C9H15N3O2. The highest BCUT2D eigenvalue weighted by Crippen LogP contribution is 2.09. The summed E-state index contributed by atoms with van der Waals surface area (Å²) in [6.07, 6.45) is 2.13. The Balaban J connectivity index is 2.27. The first-order valence-corrected chi connectivity index (χ1v) is 4.65. The van der Waals surface area contributed by atoms with Gasteiger partial charge in [-0.2, -0.15) is 0 Å². The molecule has 0 spiro atoms. The maximum atomic E-state index is 11.3. The molecule has 1 aromatic heterocycles. The Labute approximate surface area is 82.6 Å².